The summed E-state index contributed by atoms with van der Waals surface area (Å²) in [6.45, 7) is 5.25. The highest BCUT2D eigenvalue weighted by atomic mass is 32.2. The van der Waals surface area contributed by atoms with Gasteiger partial charge in [-0.25, -0.2) is 13.9 Å². The van der Waals surface area contributed by atoms with Gasteiger partial charge in [-0.2, -0.15) is 4.31 Å². The number of carbonyl (C=O) groups is 2. The van der Waals surface area contributed by atoms with E-state index in [9.17, 15) is 23.2 Å². The van der Waals surface area contributed by atoms with Crippen molar-refractivity contribution in [2.75, 3.05) is 27.2 Å². The number of amides is 2. The SMILES string of the molecule is CC#CCOc1ccc(S(=O)(=O)N2C[C@H](CC(=O)N(C)C)SC(C)(C)[C@@H]2C(=O)NO)cc1. The molecule has 0 aliphatic carbocycles. The largest absolute Gasteiger partial charge is 0.481 e. The Bertz CT molecular complexity index is 997. The summed E-state index contributed by atoms with van der Waals surface area (Å²) >= 11 is 1.36. The van der Waals surface area contributed by atoms with E-state index in [4.69, 9.17) is 4.74 Å². The van der Waals surface area contributed by atoms with Crippen LogP contribution in [-0.4, -0.2) is 77.9 Å². The smallest absolute Gasteiger partial charge is 0.263 e. The van der Waals surface area contributed by atoms with E-state index in [0.29, 0.717) is 5.75 Å². The lowest BCUT2D eigenvalue weighted by molar-refractivity contribution is -0.134. The minimum Gasteiger partial charge on any atom is -0.481 e. The molecule has 2 rings (SSSR count). The van der Waals surface area contributed by atoms with Gasteiger partial charge in [0.05, 0.1) is 4.90 Å². The normalized spacial score (nSPS) is 20.6. The van der Waals surface area contributed by atoms with Crippen molar-refractivity contribution in [3.05, 3.63) is 24.3 Å². The van der Waals surface area contributed by atoms with Crippen LogP contribution in [0.2, 0.25) is 0 Å². The quantitative estimate of drug-likeness (QED) is 0.341. The maximum atomic E-state index is 13.5. The number of rotatable bonds is 7. The molecular weight excluding hydrogens is 454 g/mol. The predicted molar refractivity (Wildman–Crippen MR) is 122 cm³/mol. The van der Waals surface area contributed by atoms with Crippen LogP contribution in [0.4, 0.5) is 0 Å². The second-order valence-corrected chi connectivity index (χ2v) is 11.8. The van der Waals surface area contributed by atoms with Crippen LogP contribution in [0.25, 0.3) is 0 Å². The lowest BCUT2D eigenvalue weighted by Crippen LogP contribution is -2.63. The first kappa shape index (κ1) is 26.0. The van der Waals surface area contributed by atoms with Crippen molar-refractivity contribution in [2.24, 2.45) is 0 Å². The highest BCUT2D eigenvalue weighted by molar-refractivity contribution is 8.01. The first-order valence-electron chi connectivity index (χ1n) is 9.90. The van der Waals surface area contributed by atoms with Crippen LogP contribution in [0.1, 0.15) is 27.2 Å². The van der Waals surface area contributed by atoms with Gasteiger partial charge in [0.1, 0.15) is 18.4 Å². The van der Waals surface area contributed by atoms with Crippen molar-refractivity contribution >= 4 is 33.6 Å². The van der Waals surface area contributed by atoms with Crippen molar-refractivity contribution in [1.82, 2.24) is 14.7 Å². The van der Waals surface area contributed by atoms with Crippen molar-refractivity contribution in [3.8, 4) is 17.6 Å². The molecule has 32 heavy (non-hydrogen) atoms. The molecule has 2 N–H and O–H groups in total. The van der Waals surface area contributed by atoms with E-state index in [1.807, 2.05) is 0 Å². The van der Waals surface area contributed by atoms with Gasteiger partial charge in [0.2, 0.25) is 15.9 Å². The fraction of sp³-hybridized carbons (Fsp3) is 0.524. The number of hydroxylamine groups is 1. The predicted octanol–water partition coefficient (Wildman–Crippen LogP) is 1.33. The molecular formula is C21H29N3O6S2. The van der Waals surface area contributed by atoms with Gasteiger partial charge in [-0.3, -0.25) is 14.8 Å². The third kappa shape index (κ3) is 5.95. The summed E-state index contributed by atoms with van der Waals surface area (Å²) in [6, 6.07) is 4.65. The van der Waals surface area contributed by atoms with Gasteiger partial charge < -0.3 is 9.64 Å². The van der Waals surface area contributed by atoms with Crippen LogP contribution in [0.5, 0.6) is 5.75 Å². The zero-order chi connectivity index (χ0) is 24.1. The van der Waals surface area contributed by atoms with Gasteiger partial charge in [-0.05, 0) is 45.0 Å². The highest BCUT2D eigenvalue weighted by Crippen LogP contribution is 2.43. The third-order valence-electron chi connectivity index (χ3n) is 4.98. The molecule has 1 fully saturated rings. The van der Waals surface area contributed by atoms with E-state index >= 15 is 0 Å². The third-order valence-corrected chi connectivity index (χ3v) is 8.30. The summed E-state index contributed by atoms with van der Waals surface area (Å²) in [5, 5.41) is 8.91. The lowest BCUT2D eigenvalue weighted by Gasteiger charge is -2.46. The molecule has 1 saturated heterocycles. The molecule has 0 radical (unpaired) electrons. The number of nitrogens with zero attached hydrogens (tertiary/aromatic N) is 2. The van der Waals surface area contributed by atoms with Crippen LogP contribution in [0, 0.1) is 11.8 Å². The Kier molecular flexibility index (Phi) is 8.59. The molecule has 11 heteroatoms. The first-order chi connectivity index (χ1) is 14.9. The van der Waals surface area contributed by atoms with Gasteiger partial charge in [0.15, 0.2) is 0 Å². The lowest BCUT2D eigenvalue weighted by atomic mass is 10.0. The molecule has 1 aromatic carbocycles. The van der Waals surface area contributed by atoms with E-state index in [0.717, 1.165) is 4.31 Å². The summed E-state index contributed by atoms with van der Waals surface area (Å²) in [7, 11) is -0.864. The zero-order valence-corrected chi connectivity index (χ0v) is 20.4. The van der Waals surface area contributed by atoms with Crippen LogP contribution in [0.15, 0.2) is 29.2 Å². The second-order valence-electron chi connectivity index (χ2n) is 7.98. The number of nitrogens with one attached hydrogen (secondary N) is 1. The average molecular weight is 484 g/mol. The van der Waals surface area contributed by atoms with Crippen LogP contribution in [0.3, 0.4) is 0 Å². The fourth-order valence-corrected chi connectivity index (χ4v) is 7.06. The van der Waals surface area contributed by atoms with Crippen LogP contribution in [-0.2, 0) is 19.6 Å². The summed E-state index contributed by atoms with van der Waals surface area (Å²) in [5.41, 5.74) is 1.59. The molecule has 0 spiro atoms. The number of benzene rings is 1. The Morgan fingerprint density at radius 3 is 2.47 bits per heavy atom. The monoisotopic (exact) mass is 483 g/mol. The molecule has 1 aliphatic heterocycles. The Balaban J connectivity index is 2.41. The van der Waals surface area contributed by atoms with E-state index < -0.39 is 26.7 Å². The Morgan fingerprint density at radius 2 is 1.94 bits per heavy atom. The zero-order valence-electron chi connectivity index (χ0n) is 18.8. The summed E-state index contributed by atoms with van der Waals surface area (Å²) < 4.78 is 32.7. The Morgan fingerprint density at radius 1 is 1.31 bits per heavy atom. The molecule has 1 heterocycles. The standard InChI is InChI=1S/C21H29N3O6S2/c1-6-7-12-30-15-8-10-17(11-9-15)32(28,29)24-14-16(13-18(25)23(4)5)31-21(2,3)19(24)20(26)22-27/h8-11,16,19,27H,12-14H2,1-5H3,(H,22,26)/t16-,19-/m0/s1. The van der Waals surface area contributed by atoms with Crippen LogP contribution >= 0.6 is 11.8 Å². The van der Waals surface area contributed by atoms with Gasteiger partial charge in [0, 0.05) is 37.1 Å². The van der Waals surface area contributed by atoms with E-state index in [2.05, 4.69) is 11.8 Å². The molecule has 1 aromatic rings. The molecule has 2 amide bonds. The average Bonchev–Trinajstić information content (AvgIpc) is 2.72. The molecule has 0 saturated carbocycles. The van der Waals surface area contributed by atoms with Crippen molar-refractivity contribution in [3.63, 3.8) is 0 Å². The van der Waals surface area contributed by atoms with Crippen molar-refractivity contribution in [2.45, 2.75) is 48.1 Å². The van der Waals surface area contributed by atoms with Gasteiger partial charge in [0.25, 0.3) is 5.91 Å². The minimum absolute atomic E-state index is 0.0254. The Labute approximate surface area is 193 Å². The number of carbonyl (C=O) groups excluding carboxylic acids is 2. The fourth-order valence-electron chi connectivity index (χ4n) is 3.45. The summed E-state index contributed by atoms with van der Waals surface area (Å²) in [4.78, 5) is 26.2. The maximum Gasteiger partial charge on any atom is 0.263 e. The molecule has 0 bridgehead atoms. The minimum atomic E-state index is -4.13. The van der Waals surface area contributed by atoms with E-state index in [1.54, 1.807) is 40.3 Å². The molecule has 0 aromatic heterocycles. The number of thioether (sulfide) groups is 1. The molecule has 176 valence electrons. The van der Waals surface area contributed by atoms with Crippen molar-refractivity contribution < 1.29 is 28.0 Å². The number of hydrogen-bond acceptors (Lipinski definition) is 7. The van der Waals surface area contributed by atoms with Gasteiger partial charge in [-0.15, -0.1) is 17.7 Å². The molecule has 0 unspecified atom stereocenters. The van der Waals surface area contributed by atoms with Crippen LogP contribution < -0.4 is 10.2 Å². The molecule has 2 atom stereocenters. The van der Waals surface area contributed by atoms with E-state index in [1.165, 1.54) is 40.9 Å². The summed E-state index contributed by atoms with van der Waals surface area (Å²) in [5.74, 6) is 4.95. The van der Waals surface area contributed by atoms with Gasteiger partial charge in [-0.1, -0.05) is 5.92 Å². The number of ether oxygens (including phenoxy) is 1. The molecule has 9 nitrogen and oxygen atoms in total. The summed E-state index contributed by atoms with van der Waals surface area (Å²) in [6.07, 6.45) is 0.117. The highest BCUT2D eigenvalue weighted by Gasteiger charge is 2.51. The van der Waals surface area contributed by atoms with E-state index in [-0.39, 0.29) is 35.6 Å². The Hall–Kier alpha value is -2.26. The second kappa shape index (κ2) is 10.6. The molecule has 1 aliphatic rings. The number of hydrogen-bond donors (Lipinski definition) is 2. The first-order valence-corrected chi connectivity index (χ1v) is 12.2. The number of sulfonamides is 1. The van der Waals surface area contributed by atoms with Gasteiger partial charge >= 0.3 is 0 Å². The van der Waals surface area contributed by atoms with Crippen molar-refractivity contribution in [1.29, 1.82) is 0 Å². The maximum absolute atomic E-state index is 13.5. The topological polar surface area (TPSA) is 116 Å².